The van der Waals surface area contributed by atoms with Gasteiger partial charge in [0, 0.05) is 47.7 Å². The standard InChI is InChI=1S/C21H20BrN3O4/c1-28-20-9-8-19(22)18(13-24-12-16-3-2-10-23-11-16)21(20)29-14-15-4-6-17(7-5-15)25(26)27/h2-11,24H,12-14H2,1H3. The van der Waals surface area contributed by atoms with Crippen LogP contribution in [0.5, 0.6) is 11.5 Å². The molecule has 0 spiro atoms. The molecular weight excluding hydrogens is 438 g/mol. The van der Waals surface area contributed by atoms with Crippen LogP contribution in [0, 0.1) is 10.1 Å². The highest BCUT2D eigenvalue weighted by Gasteiger charge is 2.15. The molecule has 0 atom stereocenters. The summed E-state index contributed by atoms with van der Waals surface area (Å²) >= 11 is 3.59. The van der Waals surface area contributed by atoms with Crippen LogP contribution >= 0.6 is 15.9 Å². The first-order valence-electron chi connectivity index (χ1n) is 8.89. The highest BCUT2D eigenvalue weighted by Crippen LogP contribution is 2.37. The third kappa shape index (κ3) is 5.52. The molecule has 3 aromatic rings. The number of halogens is 1. The number of nitro groups is 1. The van der Waals surface area contributed by atoms with Crippen molar-refractivity contribution in [3.05, 3.63) is 92.2 Å². The fourth-order valence-electron chi connectivity index (χ4n) is 2.77. The van der Waals surface area contributed by atoms with E-state index in [9.17, 15) is 10.1 Å². The summed E-state index contributed by atoms with van der Waals surface area (Å²) in [5, 5.41) is 14.2. The van der Waals surface area contributed by atoms with Crippen molar-refractivity contribution >= 4 is 21.6 Å². The molecule has 0 aliphatic carbocycles. The summed E-state index contributed by atoms with van der Waals surface area (Å²) in [5.74, 6) is 1.24. The monoisotopic (exact) mass is 457 g/mol. The molecule has 1 N–H and O–H groups in total. The van der Waals surface area contributed by atoms with E-state index >= 15 is 0 Å². The number of methoxy groups -OCH3 is 1. The number of hydrogen-bond donors (Lipinski definition) is 1. The molecular formula is C21H20BrN3O4. The lowest BCUT2D eigenvalue weighted by Gasteiger charge is -2.17. The largest absolute Gasteiger partial charge is 0.493 e. The van der Waals surface area contributed by atoms with Crippen LogP contribution in [0.25, 0.3) is 0 Å². The molecule has 2 aromatic carbocycles. The molecule has 0 radical (unpaired) electrons. The van der Waals surface area contributed by atoms with Gasteiger partial charge in [0.1, 0.15) is 6.61 Å². The number of non-ortho nitro benzene ring substituents is 1. The number of nitrogens with one attached hydrogen (secondary N) is 1. The third-order valence-corrected chi connectivity index (χ3v) is 5.01. The third-order valence-electron chi connectivity index (χ3n) is 4.27. The minimum absolute atomic E-state index is 0.0501. The maximum absolute atomic E-state index is 10.8. The lowest BCUT2D eigenvalue weighted by Crippen LogP contribution is -2.14. The zero-order valence-corrected chi connectivity index (χ0v) is 17.4. The second-order valence-electron chi connectivity index (χ2n) is 6.23. The zero-order chi connectivity index (χ0) is 20.6. The summed E-state index contributed by atoms with van der Waals surface area (Å²) in [4.78, 5) is 14.5. The summed E-state index contributed by atoms with van der Waals surface area (Å²) in [5.41, 5.74) is 2.89. The van der Waals surface area contributed by atoms with Crippen molar-refractivity contribution < 1.29 is 14.4 Å². The number of aromatic nitrogens is 1. The van der Waals surface area contributed by atoms with Crippen molar-refractivity contribution in [2.24, 2.45) is 0 Å². The number of nitrogens with zero attached hydrogens (tertiary/aromatic N) is 2. The number of rotatable bonds is 9. The molecule has 1 heterocycles. The van der Waals surface area contributed by atoms with Gasteiger partial charge in [0.25, 0.3) is 5.69 Å². The SMILES string of the molecule is COc1ccc(Br)c(CNCc2cccnc2)c1OCc1ccc([N+](=O)[O-])cc1. The Kier molecular flexibility index (Phi) is 7.15. The van der Waals surface area contributed by atoms with E-state index < -0.39 is 4.92 Å². The number of pyridine rings is 1. The number of ether oxygens (including phenoxy) is 2. The predicted molar refractivity (Wildman–Crippen MR) is 113 cm³/mol. The van der Waals surface area contributed by atoms with Gasteiger partial charge in [-0.3, -0.25) is 15.1 Å². The summed E-state index contributed by atoms with van der Waals surface area (Å²) < 4.78 is 12.4. The Morgan fingerprint density at radius 2 is 1.90 bits per heavy atom. The Balaban J connectivity index is 1.73. The van der Waals surface area contributed by atoms with E-state index in [0.29, 0.717) is 24.6 Å². The molecule has 29 heavy (non-hydrogen) atoms. The van der Waals surface area contributed by atoms with Gasteiger partial charge in [-0.25, -0.2) is 0 Å². The first-order chi connectivity index (χ1) is 14.1. The van der Waals surface area contributed by atoms with Gasteiger partial charge in [-0.1, -0.05) is 22.0 Å². The highest BCUT2D eigenvalue weighted by molar-refractivity contribution is 9.10. The van der Waals surface area contributed by atoms with Crippen LogP contribution in [0.3, 0.4) is 0 Å². The molecule has 8 heteroatoms. The van der Waals surface area contributed by atoms with Crippen LogP contribution in [-0.2, 0) is 19.7 Å². The van der Waals surface area contributed by atoms with Crippen LogP contribution in [0.4, 0.5) is 5.69 Å². The summed E-state index contributed by atoms with van der Waals surface area (Å²) in [7, 11) is 1.59. The molecule has 3 rings (SSSR count). The highest BCUT2D eigenvalue weighted by atomic mass is 79.9. The van der Waals surface area contributed by atoms with Crippen LogP contribution in [-0.4, -0.2) is 17.0 Å². The van der Waals surface area contributed by atoms with Crippen molar-refractivity contribution in [1.29, 1.82) is 0 Å². The van der Waals surface area contributed by atoms with Gasteiger partial charge in [-0.15, -0.1) is 0 Å². The zero-order valence-electron chi connectivity index (χ0n) is 15.8. The Morgan fingerprint density at radius 1 is 1.10 bits per heavy atom. The Morgan fingerprint density at radius 3 is 2.55 bits per heavy atom. The van der Waals surface area contributed by atoms with Crippen LogP contribution < -0.4 is 14.8 Å². The van der Waals surface area contributed by atoms with Gasteiger partial charge in [-0.05, 0) is 41.5 Å². The average Bonchev–Trinajstić information content (AvgIpc) is 2.74. The van der Waals surface area contributed by atoms with Gasteiger partial charge in [0.05, 0.1) is 12.0 Å². The molecule has 150 valence electrons. The first-order valence-corrected chi connectivity index (χ1v) is 9.69. The van der Waals surface area contributed by atoms with Crippen molar-refractivity contribution in [2.45, 2.75) is 19.7 Å². The number of nitro benzene ring substituents is 1. The molecule has 0 aliphatic heterocycles. The topological polar surface area (TPSA) is 86.5 Å². The minimum atomic E-state index is -0.423. The van der Waals surface area contributed by atoms with E-state index in [2.05, 4.69) is 26.2 Å². The molecule has 1 aromatic heterocycles. The molecule has 0 saturated heterocycles. The normalized spacial score (nSPS) is 10.6. The fourth-order valence-corrected chi connectivity index (χ4v) is 3.22. The van der Waals surface area contributed by atoms with Gasteiger partial charge in [0.15, 0.2) is 11.5 Å². The molecule has 0 saturated carbocycles. The molecule has 0 bridgehead atoms. The average molecular weight is 458 g/mol. The van der Waals surface area contributed by atoms with Gasteiger partial charge in [0.2, 0.25) is 0 Å². The maximum atomic E-state index is 10.8. The quantitative estimate of drug-likeness (QED) is 0.372. The second-order valence-corrected chi connectivity index (χ2v) is 7.09. The van der Waals surface area contributed by atoms with E-state index in [-0.39, 0.29) is 12.3 Å². The molecule has 0 aliphatic rings. The summed E-state index contributed by atoms with van der Waals surface area (Å²) in [6.45, 7) is 1.49. The Hall–Kier alpha value is -2.97. The van der Waals surface area contributed by atoms with Crippen LogP contribution in [0.15, 0.2) is 65.4 Å². The first kappa shape index (κ1) is 20.8. The smallest absolute Gasteiger partial charge is 0.269 e. The van der Waals surface area contributed by atoms with E-state index in [4.69, 9.17) is 9.47 Å². The molecule has 0 fully saturated rings. The van der Waals surface area contributed by atoms with Gasteiger partial charge < -0.3 is 14.8 Å². The number of hydrogen-bond acceptors (Lipinski definition) is 6. The van der Waals surface area contributed by atoms with E-state index in [1.165, 1.54) is 12.1 Å². The molecule has 0 unspecified atom stereocenters. The van der Waals surface area contributed by atoms with E-state index in [1.54, 1.807) is 25.4 Å². The van der Waals surface area contributed by atoms with Crippen molar-refractivity contribution in [3.63, 3.8) is 0 Å². The summed E-state index contributed by atoms with van der Waals surface area (Å²) in [6, 6.07) is 14.0. The molecule has 7 nitrogen and oxygen atoms in total. The Bertz CT molecular complexity index is 966. The Labute approximate surface area is 177 Å². The van der Waals surface area contributed by atoms with E-state index in [0.717, 1.165) is 21.2 Å². The second kappa shape index (κ2) is 9.99. The van der Waals surface area contributed by atoms with Crippen molar-refractivity contribution in [1.82, 2.24) is 10.3 Å². The molecule has 0 amide bonds. The van der Waals surface area contributed by atoms with Crippen molar-refractivity contribution in [3.8, 4) is 11.5 Å². The van der Waals surface area contributed by atoms with Gasteiger partial charge >= 0.3 is 0 Å². The van der Waals surface area contributed by atoms with E-state index in [1.807, 2.05) is 30.5 Å². The lowest BCUT2D eigenvalue weighted by molar-refractivity contribution is -0.384. The predicted octanol–water partition coefficient (Wildman–Crippen LogP) is 4.63. The van der Waals surface area contributed by atoms with Crippen LogP contribution in [0.1, 0.15) is 16.7 Å². The maximum Gasteiger partial charge on any atom is 0.269 e. The number of benzene rings is 2. The van der Waals surface area contributed by atoms with Gasteiger partial charge in [-0.2, -0.15) is 0 Å². The minimum Gasteiger partial charge on any atom is -0.493 e. The fraction of sp³-hybridized carbons (Fsp3) is 0.190. The lowest BCUT2D eigenvalue weighted by atomic mass is 10.1. The summed E-state index contributed by atoms with van der Waals surface area (Å²) in [6.07, 6.45) is 3.56. The van der Waals surface area contributed by atoms with Crippen molar-refractivity contribution in [2.75, 3.05) is 7.11 Å². The van der Waals surface area contributed by atoms with Crippen LogP contribution in [0.2, 0.25) is 0 Å².